The molecule has 0 aliphatic carbocycles. The van der Waals surface area contributed by atoms with Crippen molar-refractivity contribution in [2.75, 3.05) is 31.2 Å². The Balaban J connectivity index is 1.75. The van der Waals surface area contributed by atoms with E-state index in [-0.39, 0.29) is 0 Å². The Bertz CT molecular complexity index is 566. The average Bonchev–Trinajstić information content (AvgIpc) is 2.51. The van der Waals surface area contributed by atoms with E-state index in [4.69, 9.17) is 9.47 Å². The number of nitrogens with zero attached hydrogens (tertiary/aromatic N) is 3. The van der Waals surface area contributed by atoms with Crippen molar-refractivity contribution in [3.05, 3.63) is 42.2 Å². The normalized spacial score (nSPS) is 15.2. The highest BCUT2D eigenvalue weighted by molar-refractivity contribution is 5.42. The van der Waals surface area contributed by atoms with Gasteiger partial charge in [-0.3, -0.25) is 0 Å². The van der Waals surface area contributed by atoms with Gasteiger partial charge in [-0.2, -0.15) is 0 Å². The van der Waals surface area contributed by atoms with Crippen LogP contribution in [0, 0.1) is 6.92 Å². The molecule has 1 aromatic heterocycles. The minimum Gasteiger partial charge on any atom is -0.439 e. The first-order valence-electron chi connectivity index (χ1n) is 6.70. The molecule has 5 nitrogen and oxygen atoms in total. The van der Waals surface area contributed by atoms with Crippen molar-refractivity contribution in [2.24, 2.45) is 0 Å². The van der Waals surface area contributed by atoms with Gasteiger partial charge in [0.15, 0.2) is 0 Å². The molecule has 0 amide bonds. The third-order valence-corrected chi connectivity index (χ3v) is 3.21. The number of morpholine rings is 1. The van der Waals surface area contributed by atoms with Crippen LogP contribution in [0.4, 0.5) is 5.82 Å². The fourth-order valence-electron chi connectivity index (χ4n) is 2.08. The molecule has 1 aliphatic heterocycles. The third kappa shape index (κ3) is 3.05. The molecule has 104 valence electrons. The highest BCUT2D eigenvalue weighted by Gasteiger charge is 2.13. The molecule has 1 fully saturated rings. The molecule has 0 radical (unpaired) electrons. The maximum atomic E-state index is 5.76. The molecule has 1 saturated heterocycles. The zero-order chi connectivity index (χ0) is 13.8. The summed E-state index contributed by atoms with van der Waals surface area (Å²) in [5.41, 5.74) is 1.20. The van der Waals surface area contributed by atoms with Gasteiger partial charge in [0.1, 0.15) is 17.9 Å². The first-order valence-corrected chi connectivity index (χ1v) is 6.70. The number of ether oxygens (including phenoxy) is 2. The molecule has 0 atom stereocenters. The predicted molar refractivity (Wildman–Crippen MR) is 76.3 cm³/mol. The summed E-state index contributed by atoms with van der Waals surface area (Å²) >= 11 is 0. The second-order valence-corrected chi connectivity index (χ2v) is 4.73. The van der Waals surface area contributed by atoms with E-state index >= 15 is 0 Å². The van der Waals surface area contributed by atoms with E-state index in [0.717, 1.165) is 37.9 Å². The van der Waals surface area contributed by atoms with Crippen molar-refractivity contribution < 1.29 is 9.47 Å². The Morgan fingerprint density at radius 1 is 1.10 bits per heavy atom. The Kier molecular flexibility index (Phi) is 3.78. The van der Waals surface area contributed by atoms with Gasteiger partial charge in [-0.25, -0.2) is 9.97 Å². The van der Waals surface area contributed by atoms with Crippen LogP contribution in [-0.4, -0.2) is 36.3 Å². The average molecular weight is 271 g/mol. The van der Waals surface area contributed by atoms with E-state index in [2.05, 4.69) is 14.9 Å². The van der Waals surface area contributed by atoms with Gasteiger partial charge in [-0.05, 0) is 19.1 Å². The van der Waals surface area contributed by atoms with Crippen molar-refractivity contribution >= 4 is 5.82 Å². The van der Waals surface area contributed by atoms with Crippen LogP contribution in [0.1, 0.15) is 5.56 Å². The van der Waals surface area contributed by atoms with E-state index in [1.165, 1.54) is 11.9 Å². The van der Waals surface area contributed by atoms with Crippen LogP contribution >= 0.6 is 0 Å². The van der Waals surface area contributed by atoms with Gasteiger partial charge in [-0.15, -0.1) is 0 Å². The molecule has 0 spiro atoms. The molecule has 5 heteroatoms. The van der Waals surface area contributed by atoms with E-state index in [1.54, 1.807) is 0 Å². The molecule has 20 heavy (non-hydrogen) atoms. The van der Waals surface area contributed by atoms with E-state index in [0.29, 0.717) is 5.88 Å². The van der Waals surface area contributed by atoms with E-state index in [1.807, 2.05) is 37.3 Å². The monoisotopic (exact) mass is 271 g/mol. The van der Waals surface area contributed by atoms with Gasteiger partial charge >= 0.3 is 0 Å². The maximum Gasteiger partial charge on any atom is 0.224 e. The summed E-state index contributed by atoms with van der Waals surface area (Å²) in [6, 6.07) is 9.77. The maximum absolute atomic E-state index is 5.76. The molecule has 0 bridgehead atoms. The van der Waals surface area contributed by atoms with Crippen LogP contribution in [0.2, 0.25) is 0 Å². The Labute approximate surface area is 118 Å². The van der Waals surface area contributed by atoms with Gasteiger partial charge in [-0.1, -0.05) is 17.7 Å². The zero-order valence-electron chi connectivity index (χ0n) is 11.5. The Morgan fingerprint density at radius 3 is 2.60 bits per heavy atom. The van der Waals surface area contributed by atoms with Crippen molar-refractivity contribution in [3.8, 4) is 11.6 Å². The minimum atomic E-state index is 0.561. The van der Waals surface area contributed by atoms with Gasteiger partial charge < -0.3 is 14.4 Å². The molecule has 3 rings (SSSR count). The second-order valence-electron chi connectivity index (χ2n) is 4.73. The molecule has 2 heterocycles. The smallest absolute Gasteiger partial charge is 0.224 e. The lowest BCUT2D eigenvalue weighted by Crippen LogP contribution is -2.36. The highest BCUT2D eigenvalue weighted by atomic mass is 16.5. The molecule has 0 N–H and O–H groups in total. The Hall–Kier alpha value is -2.14. The van der Waals surface area contributed by atoms with Crippen molar-refractivity contribution in [1.82, 2.24) is 9.97 Å². The minimum absolute atomic E-state index is 0.561. The van der Waals surface area contributed by atoms with Crippen LogP contribution in [0.25, 0.3) is 0 Å². The summed E-state index contributed by atoms with van der Waals surface area (Å²) in [7, 11) is 0. The summed E-state index contributed by atoms with van der Waals surface area (Å²) in [5.74, 6) is 2.22. The summed E-state index contributed by atoms with van der Waals surface area (Å²) in [4.78, 5) is 10.6. The quantitative estimate of drug-likeness (QED) is 0.858. The second kappa shape index (κ2) is 5.88. The SMILES string of the molecule is Cc1ccc(Oc2cc(N3CCOCC3)ncn2)cc1. The number of hydrogen-bond acceptors (Lipinski definition) is 5. The highest BCUT2D eigenvalue weighted by Crippen LogP contribution is 2.22. The summed E-state index contributed by atoms with van der Waals surface area (Å²) in [6.07, 6.45) is 1.54. The number of rotatable bonds is 3. The zero-order valence-corrected chi connectivity index (χ0v) is 11.5. The summed E-state index contributed by atoms with van der Waals surface area (Å²) < 4.78 is 11.1. The first-order chi connectivity index (χ1) is 9.81. The molecule has 1 aliphatic rings. The predicted octanol–water partition coefficient (Wildman–Crippen LogP) is 2.41. The number of aryl methyl sites for hydroxylation is 1. The van der Waals surface area contributed by atoms with Gasteiger partial charge in [0.2, 0.25) is 5.88 Å². The standard InChI is InChI=1S/C15H17N3O2/c1-12-2-4-13(5-3-12)20-15-10-14(16-11-17-15)18-6-8-19-9-7-18/h2-5,10-11H,6-9H2,1H3. The van der Waals surface area contributed by atoms with Crippen LogP contribution in [-0.2, 0) is 4.74 Å². The topological polar surface area (TPSA) is 47.5 Å². The molecule has 1 aromatic carbocycles. The van der Waals surface area contributed by atoms with Gasteiger partial charge in [0, 0.05) is 19.2 Å². The molecular formula is C15H17N3O2. The van der Waals surface area contributed by atoms with Crippen molar-refractivity contribution in [1.29, 1.82) is 0 Å². The fraction of sp³-hybridized carbons (Fsp3) is 0.333. The number of anilines is 1. The lowest BCUT2D eigenvalue weighted by molar-refractivity contribution is 0.122. The lowest BCUT2D eigenvalue weighted by Gasteiger charge is -2.27. The van der Waals surface area contributed by atoms with E-state index < -0.39 is 0 Å². The molecule has 2 aromatic rings. The fourth-order valence-corrected chi connectivity index (χ4v) is 2.08. The first kappa shape index (κ1) is 12.9. The van der Waals surface area contributed by atoms with Gasteiger partial charge in [0.05, 0.1) is 13.2 Å². The van der Waals surface area contributed by atoms with E-state index in [9.17, 15) is 0 Å². The lowest BCUT2D eigenvalue weighted by atomic mass is 10.2. The van der Waals surface area contributed by atoms with Crippen LogP contribution in [0.5, 0.6) is 11.6 Å². The van der Waals surface area contributed by atoms with Crippen LogP contribution < -0.4 is 9.64 Å². The Morgan fingerprint density at radius 2 is 1.85 bits per heavy atom. The molecule has 0 unspecified atom stereocenters. The summed E-state index contributed by atoms with van der Waals surface area (Å²) in [5, 5.41) is 0. The summed E-state index contributed by atoms with van der Waals surface area (Å²) in [6.45, 7) is 5.21. The van der Waals surface area contributed by atoms with Gasteiger partial charge in [0.25, 0.3) is 0 Å². The largest absolute Gasteiger partial charge is 0.439 e. The number of hydrogen-bond donors (Lipinski definition) is 0. The van der Waals surface area contributed by atoms with Crippen molar-refractivity contribution in [2.45, 2.75) is 6.92 Å². The van der Waals surface area contributed by atoms with Crippen LogP contribution in [0.3, 0.4) is 0 Å². The third-order valence-electron chi connectivity index (χ3n) is 3.21. The number of aromatic nitrogens is 2. The molecule has 0 saturated carbocycles. The number of benzene rings is 1. The molecular weight excluding hydrogens is 254 g/mol. The van der Waals surface area contributed by atoms with Crippen LogP contribution in [0.15, 0.2) is 36.7 Å². The van der Waals surface area contributed by atoms with Crippen molar-refractivity contribution in [3.63, 3.8) is 0 Å².